The molecule has 6 nitrogen and oxygen atoms in total. The molecule has 0 spiro atoms. The Kier molecular flexibility index (Phi) is 6.00. The van der Waals surface area contributed by atoms with Crippen molar-refractivity contribution in [1.82, 2.24) is 10.4 Å². The number of nitrogens with one attached hydrogen (secondary N) is 1. The minimum Gasteiger partial charge on any atom is -0.492 e. The van der Waals surface area contributed by atoms with Crippen molar-refractivity contribution in [1.29, 1.82) is 0 Å². The molecule has 5 rings (SSSR count). The largest absolute Gasteiger partial charge is 0.492 e. The van der Waals surface area contributed by atoms with Gasteiger partial charge in [-0.1, -0.05) is 36.4 Å². The van der Waals surface area contributed by atoms with E-state index in [1.165, 1.54) is 12.1 Å². The molecule has 174 valence electrons. The van der Waals surface area contributed by atoms with Crippen molar-refractivity contribution >= 4 is 11.6 Å². The van der Waals surface area contributed by atoms with Crippen LogP contribution in [0.25, 0.3) is 0 Å². The third-order valence-electron chi connectivity index (χ3n) is 6.44. The summed E-state index contributed by atoms with van der Waals surface area (Å²) in [5.41, 5.74) is 4.71. The molecule has 3 aromatic rings. The predicted molar refractivity (Wildman–Crippen MR) is 124 cm³/mol. The van der Waals surface area contributed by atoms with Crippen LogP contribution in [0, 0.1) is 5.82 Å². The minimum absolute atomic E-state index is 0.0211. The summed E-state index contributed by atoms with van der Waals surface area (Å²) in [5, 5.41) is 13.6. The van der Waals surface area contributed by atoms with E-state index in [0.717, 1.165) is 5.56 Å². The van der Waals surface area contributed by atoms with Gasteiger partial charge in [0.05, 0.1) is 12.2 Å². The van der Waals surface area contributed by atoms with E-state index in [-0.39, 0.29) is 23.8 Å². The van der Waals surface area contributed by atoms with Crippen LogP contribution in [0.2, 0.25) is 0 Å². The van der Waals surface area contributed by atoms with Crippen LogP contribution in [0.15, 0.2) is 66.7 Å². The van der Waals surface area contributed by atoms with Crippen LogP contribution in [0.4, 0.5) is 4.39 Å². The number of nitrogens with zero attached hydrogens (tertiary/aromatic N) is 1. The zero-order valence-corrected chi connectivity index (χ0v) is 18.6. The molecule has 0 bridgehead atoms. The molecule has 2 N–H and O–H groups in total. The van der Waals surface area contributed by atoms with E-state index in [9.17, 15) is 19.1 Å². The SMILES string of the molecule is O=C(CCN1CCc2ccccc2C(O)(c2ccc(F)cc2)N1)c1ccc2c(c1)C(=O)CCO2. The van der Waals surface area contributed by atoms with Gasteiger partial charge in [-0.25, -0.2) is 14.8 Å². The molecular weight excluding hydrogens is 435 g/mol. The van der Waals surface area contributed by atoms with Gasteiger partial charge in [0, 0.05) is 42.6 Å². The molecule has 0 aromatic heterocycles. The molecule has 7 heteroatoms. The van der Waals surface area contributed by atoms with Gasteiger partial charge < -0.3 is 9.84 Å². The highest BCUT2D eigenvalue weighted by Gasteiger charge is 2.37. The summed E-state index contributed by atoms with van der Waals surface area (Å²) in [6, 6.07) is 18.3. The van der Waals surface area contributed by atoms with Crippen LogP contribution < -0.4 is 10.2 Å². The fraction of sp³-hybridized carbons (Fsp3) is 0.259. The normalized spacial score (nSPS) is 20.1. The number of aliphatic hydroxyl groups is 1. The summed E-state index contributed by atoms with van der Waals surface area (Å²) >= 11 is 0. The molecule has 0 fully saturated rings. The molecule has 0 radical (unpaired) electrons. The van der Waals surface area contributed by atoms with Gasteiger partial charge in [-0.05, 0) is 42.3 Å². The highest BCUT2D eigenvalue weighted by Crippen LogP contribution is 2.33. The lowest BCUT2D eigenvalue weighted by atomic mass is 9.90. The number of ether oxygens (including phenoxy) is 1. The molecule has 0 saturated carbocycles. The van der Waals surface area contributed by atoms with Gasteiger partial charge in [0.2, 0.25) is 0 Å². The fourth-order valence-corrected chi connectivity index (χ4v) is 4.59. The number of hydrogen-bond donors (Lipinski definition) is 2. The zero-order valence-electron chi connectivity index (χ0n) is 18.6. The quantitative estimate of drug-likeness (QED) is 0.567. The first-order valence-electron chi connectivity index (χ1n) is 11.4. The lowest BCUT2D eigenvalue weighted by Crippen LogP contribution is -2.52. The van der Waals surface area contributed by atoms with Crippen LogP contribution >= 0.6 is 0 Å². The number of carbonyl (C=O) groups excluding carboxylic acids is 2. The topological polar surface area (TPSA) is 78.9 Å². The summed E-state index contributed by atoms with van der Waals surface area (Å²) in [7, 11) is 0. The second-order valence-corrected chi connectivity index (χ2v) is 8.63. The number of halogens is 1. The van der Waals surface area contributed by atoms with Crippen molar-refractivity contribution in [2.24, 2.45) is 0 Å². The number of benzene rings is 3. The van der Waals surface area contributed by atoms with Gasteiger partial charge in [0.1, 0.15) is 11.6 Å². The van der Waals surface area contributed by atoms with Crippen molar-refractivity contribution in [3.63, 3.8) is 0 Å². The summed E-state index contributed by atoms with van der Waals surface area (Å²) in [4.78, 5) is 25.1. The summed E-state index contributed by atoms with van der Waals surface area (Å²) in [6.45, 7) is 1.28. The number of hydrogen-bond acceptors (Lipinski definition) is 6. The van der Waals surface area contributed by atoms with E-state index >= 15 is 0 Å². The van der Waals surface area contributed by atoms with E-state index in [1.54, 1.807) is 30.3 Å². The number of rotatable bonds is 5. The molecule has 3 aromatic carbocycles. The van der Waals surface area contributed by atoms with Crippen molar-refractivity contribution in [3.05, 3.63) is 100 Å². The maximum atomic E-state index is 13.6. The van der Waals surface area contributed by atoms with E-state index in [2.05, 4.69) is 5.43 Å². The van der Waals surface area contributed by atoms with Crippen molar-refractivity contribution in [3.8, 4) is 5.75 Å². The average Bonchev–Trinajstić information content (AvgIpc) is 3.00. The Hall–Kier alpha value is -3.39. The Morgan fingerprint density at radius 3 is 2.71 bits per heavy atom. The Labute approximate surface area is 196 Å². The average molecular weight is 461 g/mol. The molecule has 0 saturated heterocycles. The number of hydrazine groups is 1. The van der Waals surface area contributed by atoms with Crippen molar-refractivity contribution < 1.29 is 23.8 Å². The summed E-state index contributed by atoms with van der Waals surface area (Å²) in [5.74, 6) is 0.0111. The van der Waals surface area contributed by atoms with Gasteiger partial charge in [0.15, 0.2) is 17.3 Å². The highest BCUT2D eigenvalue weighted by atomic mass is 19.1. The predicted octanol–water partition coefficient (Wildman–Crippen LogP) is 3.62. The molecule has 1 unspecified atom stereocenters. The van der Waals surface area contributed by atoms with Crippen molar-refractivity contribution in [2.45, 2.75) is 25.0 Å². The maximum Gasteiger partial charge on any atom is 0.181 e. The zero-order chi connectivity index (χ0) is 23.7. The maximum absolute atomic E-state index is 13.6. The molecule has 2 aliphatic heterocycles. The van der Waals surface area contributed by atoms with E-state index in [4.69, 9.17) is 4.74 Å². The Balaban J connectivity index is 1.36. The van der Waals surface area contributed by atoms with E-state index in [1.807, 2.05) is 29.3 Å². The van der Waals surface area contributed by atoms with Gasteiger partial charge in [-0.3, -0.25) is 9.59 Å². The standard InChI is InChI=1S/C27H25FN2O4/c28-21-8-6-20(7-9-21)27(33)23-4-2-1-3-18(23)11-14-30(29-27)15-12-24(31)19-5-10-26-22(17-19)25(32)13-16-34-26/h1-10,17,29,33H,11-16H2. The first kappa shape index (κ1) is 22.4. The fourth-order valence-electron chi connectivity index (χ4n) is 4.59. The van der Waals surface area contributed by atoms with Crippen LogP contribution in [0.1, 0.15) is 50.2 Å². The Bertz CT molecular complexity index is 1240. The third kappa shape index (κ3) is 4.25. The Morgan fingerprint density at radius 2 is 1.88 bits per heavy atom. The smallest absolute Gasteiger partial charge is 0.181 e. The monoisotopic (exact) mass is 460 g/mol. The number of Topliss-reactive ketones (excluding diaryl/α,β-unsaturated/α-hetero) is 2. The second kappa shape index (κ2) is 9.10. The van der Waals surface area contributed by atoms with Crippen molar-refractivity contribution in [2.75, 3.05) is 19.7 Å². The molecule has 1 atom stereocenters. The van der Waals surface area contributed by atoms with Crippen LogP contribution in [-0.2, 0) is 12.1 Å². The summed E-state index contributed by atoms with van der Waals surface area (Å²) < 4.78 is 19.1. The minimum atomic E-state index is -1.57. The molecule has 34 heavy (non-hydrogen) atoms. The first-order chi connectivity index (χ1) is 16.4. The molecule has 0 aliphatic carbocycles. The van der Waals surface area contributed by atoms with Crippen LogP contribution in [0.5, 0.6) is 5.75 Å². The Morgan fingerprint density at radius 1 is 1.09 bits per heavy atom. The van der Waals surface area contributed by atoms with Gasteiger partial charge in [-0.2, -0.15) is 0 Å². The van der Waals surface area contributed by atoms with E-state index < -0.39 is 5.72 Å². The highest BCUT2D eigenvalue weighted by molar-refractivity contribution is 6.03. The van der Waals surface area contributed by atoms with Crippen LogP contribution in [-0.4, -0.2) is 41.4 Å². The second-order valence-electron chi connectivity index (χ2n) is 8.63. The lowest BCUT2D eigenvalue weighted by molar-refractivity contribution is -0.0313. The van der Waals surface area contributed by atoms with Gasteiger partial charge >= 0.3 is 0 Å². The third-order valence-corrected chi connectivity index (χ3v) is 6.44. The van der Waals surface area contributed by atoms with Crippen LogP contribution in [0.3, 0.4) is 0 Å². The summed E-state index contributed by atoms with van der Waals surface area (Å²) in [6.07, 6.45) is 1.17. The van der Waals surface area contributed by atoms with Gasteiger partial charge in [0.25, 0.3) is 0 Å². The molecular formula is C27H25FN2O4. The number of ketones is 2. The molecule has 0 amide bonds. The molecule has 2 aliphatic rings. The number of carbonyl (C=O) groups is 2. The lowest BCUT2D eigenvalue weighted by Gasteiger charge is -2.34. The van der Waals surface area contributed by atoms with Gasteiger partial charge in [-0.15, -0.1) is 0 Å². The first-order valence-corrected chi connectivity index (χ1v) is 11.4. The van der Waals surface area contributed by atoms with E-state index in [0.29, 0.717) is 60.5 Å². The molecule has 2 heterocycles. The number of fused-ring (bicyclic) bond motifs is 2.